The van der Waals surface area contributed by atoms with E-state index in [4.69, 9.17) is 9.47 Å². The number of piperidine rings is 2. The summed E-state index contributed by atoms with van der Waals surface area (Å²) in [6, 6.07) is 6.45. The number of fused-ring (bicyclic) bond motifs is 1. The fourth-order valence-electron chi connectivity index (χ4n) is 5.66. The van der Waals surface area contributed by atoms with E-state index < -0.39 is 0 Å². The van der Waals surface area contributed by atoms with Gasteiger partial charge in [0.15, 0.2) is 11.5 Å². The molecule has 3 saturated heterocycles. The van der Waals surface area contributed by atoms with Crippen LogP contribution in [0.2, 0.25) is 0 Å². The zero-order valence-electron chi connectivity index (χ0n) is 19.5. The monoisotopic (exact) mass is 443 g/mol. The second-order valence-corrected chi connectivity index (χ2v) is 9.43. The van der Waals surface area contributed by atoms with Gasteiger partial charge < -0.3 is 24.6 Å². The van der Waals surface area contributed by atoms with E-state index >= 15 is 0 Å². The molecule has 7 heteroatoms. The molecule has 1 aromatic rings. The molecule has 3 aliphatic rings. The van der Waals surface area contributed by atoms with Crippen molar-refractivity contribution in [2.45, 2.75) is 51.0 Å². The number of amides is 2. The molecule has 2 amide bonds. The molecule has 0 unspecified atom stereocenters. The number of methoxy groups -OCH3 is 2. The van der Waals surface area contributed by atoms with Gasteiger partial charge in [0.05, 0.1) is 20.1 Å². The maximum atomic E-state index is 12.8. The van der Waals surface area contributed by atoms with Crippen LogP contribution >= 0.6 is 0 Å². The fourth-order valence-corrected chi connectivity index (χ4v) is 5.66. The Labute approximate surface area is 191 Å². The highest BCUT2D eigenvalue weighted by Gasteiger charge is 2.36. The van der Waals surface area contributed by atoms with Crippen molar-refractivity contribution in [3.8, 4) is 11.5 Å². The van der Waals surface area contributed by atoms with E-state index in [1.165, 1.54) is 45.2 Å². The van der Waals surface area contributed by atoms with Crippen LogP contribution in [0.1, 0.15) is 44.1 Å². The van der Waals surface area contributed by atoms with Gasteiger partial charge in [-0.05, 0) is 68.8 Å². The summed E-state index contributed by atoms with van der Waals surface area (Å²) in [4.78, 5) is 29.8. The molecular weight excluding hydrogens is 406 g/mol. The summed E-state index contributed by atoms with van der Waals surface area (Å²) in [5, 5.41) is 3.20. The molecule has 3 atom stereocenters. The van der Waals surface area contributed by atoms with Gasteiger partial charge in [-0.25, -0.2) is 0 Å². The molecule has 3 heterocycles. The number of likely N-dealkylation sites (tertiary alicyclic amines) is 1. The second kappa shape index (κ2) is 10.6. The van der Waals surface area contributed by atoms with Crippen molar-refractivity contribution in [2.75, 3.05) is 46.9 Å². The highest BCUT2D eigenvalue weighted by Crippen LogP contribution is 2.31. The fraction of sp³-hybridized carbons (Fsp3) is 0.680. The van der Waals surface area contributed by atoms with Gasteiger partial charge in [-0.1, -0.05) is 12.5 Å². The van der Waals surface area contributed by atoms with Gasteiger partial charge in [0.2, 0.25) is 11.8 Å². The minimum atomic E-state index is -0.237. The summed E-state index contributed by atoms with van der Waals surface area (Å²) in [6.45, 7) is 4.29. The lowest BCUT2D eigenvalue weighted by Gasteiger charge is -2.44. The Kier molecular flexibility index (Phi) is 7.55. The van der Waals surface area contributed by atoms with Gasteiger partial charge in [0.1, 0.15) is 0 Å². The Morgan fingerprint density at radius 2 is 1.91 bits per heavy atom. The lowest BCUT2D eigenvalue weighted by Crippen LogP contribution is -2.51. The van der Waals surface area contributed by atoms with Crippen LogP contribution in [0.5, 0.6) is 11.5 Å². The highest BCUT2D eigenvalue weighted by atomic mass is 16.5. The van der Waals surface area contributed by atoms with Crippen molar-refractivity contribution < 1.29 is 19.1 Å². The van der Waals surface area contributed by atoms with E-state index in [-0.39, 0.29) is 17.7 Å². The molecule has 0 saturated carbocycles. The normalized spacial score (nSPS) is 26.0. The molecule has 0 spiro atoms. The first kappa shape index (κ1) is 22.9. The summed E-state index contributed by atoms with van der Waals surface area (Å²) >= 11 is 0. The summed E-state index contributed by atoms with van der Waals surface area (Å²) in [5.41, 5.74) is 1.08. The topological polar surface area (TPSA) is 71.1 Å². The molecule has 32 heavy (non-hydrogen) atoms. The smallest absolute Gasteiger partial charge is 0.225 e. The third-order valence-electron chi connectivity index (χ3n) is 7.47. The average Bonchev–Trinajstić information content (AvgIpc) is 3.21. The first-order chi connectivity index (χ1) is 15.6. The van der Waals surface area contributed by atoms with Crippen molar-refractivity contribution in [1.29, 1.82) is 0 Å². The van der Waals surface area contributed by atoms with Crippen LogP contribution in [0.3, 0.4) is 0 Å². The van der Waals surface area contributed by atoms with E-state index in [0.29, 0.717) is 43.0 Å². The van der Waals surface area contributed by atoms with Crippen LogP contribution < -0.4 is 14.8 Å². The van der Waals surface area contributed by atoms with Gasteiger partial charge in [-0.3, -0.25) is 9.59 Å². The first-order valence-corrected chi connectivity index (χ1v) is 12.1. The Bertz CT molecular complexity index is 812. The number of nitrogens with one attached hydrogen (secondary N) is 1. The van der Waals surface area contributed by atoms with E-state index in [0.717, 1.165) is 18.5 Å². The van der Waals surface area contributed by atoms with Crippen LogP contribution in [0.25, 0.3) is 0 Å². The molecule has 3 fully saturated rings. The van der Waals surface area contributed by atoms with Crippen LogP contribution in [0.15, 0.2) is 18.2 Å². The highest BCUT2D eigenvalue weighted by molar-refractivity contribution is 5.89. The molecule has 0 aliphatic carbocycles. The quantitative estimate of drug-likeness (QED) is 0.668. The number of hydrogen-bond donors (Lipinski definition) is 1. The molecule has 176 valence electrons. The van der Waals surface area contributed by atoms with Gasteiger partial charge in [0.25, 0.3) is 0 Å². The summed E-state index contributed by atoms with van der Waals surface area (Å²) in [5.74, 6) is 1.81. The van der Waals surface area contributed by atoms with Crippen molar-refractivity contribution in [2.24, 2.45) is 11.8 Å². The third kappa shape index (κ3) is 5.20. The van der Waals surface area contributed by atoms with Gasteiger partial charge in [-0.2, -0.15) is 0 Å². The van der Waals surface area contributed by atoms with Crippen molar-refractivity contribution in [3.63, 3.8) is 0 Å². The number of ether oxygens (including phenoxy) is 2. The zero-order valence-corrected chi connectivity index (χ0v) is 19.5. The maximum Gasteiger partial charge on any atom is 0.225 e. The molecule has 1 aromatic carbocycles. The molecule has 1 N–H and O–H groups in total. The Morgan fingerprint density at radius 1 is 1.09 bits per heavy atom. The van der Waals surface area contributed by atoms with Crippen LogP contribution in [-0.2, 0) is 16.0 Å². The van der Waals surface area contributed by atoms with Crippen molar-refractivity contribution in [3.05, 3.63) is 23.8 Å². The van der Waals surface area contributed by atoms with Crippen molar-refractivity contribution in [1.82, 2.24) is 15.1 Å². The average molecular weight is 444 g/mol. The van der Waals surface area contributed by atoms with E-state index in [9.17, 15) is 9.59 Å². The first-order valence-electron chi connectivity index (χ1n) is 12.1. The van der Waals surface area contributed by atoms with Gasteiger partial charge in [0, 0.05) is 32.1 Å². The molecule has 0 aromatic heterocycles. The van der Waals surface area contributed by atoms with Crippen LogP contribution in [0, 0.1) is 11.8 Å². The maximum absolute atomic E-state index is 12.8. The van der Waals surface area contributed by atoms with Crippen molar-refractivity contribution >= 4 is 11.8 Å². The largest absolute Gasteiger partial charge is 0.493 e. The van der Waals surface area contributed by atoms with E-state index in [1.54, 1.807) is 14.2 Å². The van der Waals surface area contributed by atoms with Gasteiger partial charge >= 0.3 is 0 Å². The number of hydrogen-bond acceptors (Lipinski definition) is 5. The molecule has 4 rings (SSSR count). The minimum Gasteiger partial charge on any atom is -0.493 e. The van der Waals surface area contributed by atoms with Crippen LogP contribution in [0.4, 0.5) is 0 Å². The molecule has 0 bridgehead atoms. The number of nitrogens with zero attached hydrogens (tertiary/aromatic N) is 2. The number of carbonyl (C=O) groups excluding carboxylic acids is 2. The summed E-state index contributed by atoms with van der Waals surface area (Å²) < 4.78 is 10.7. The summed E-state index contributed by atoms with van der Waals surface area (Å²) in [7, 11) is 3.24. The standard InChI is InChI=1S/C25H37N3O4/c1-31-22-9-8-18(14-23(22)32-2)10-13-28-17-20(15-24(28)29)25(30)26-16-19-6-5-12-27-11-4-3-7-21(19)27/h8-9,14,19-21H,3-7,10-13,15-17H2,1-2H3,(H,26,30)/t19-,20+,21-/m0/s1. The Hall–Kier alpha value is -2.28. The molecular formula is C25H37N3O4. The second-order valence-electron chi connectivity index (χ2n) is 9.43. The lowest BCUT2D eigenvalue weighted by molar-refractivity contribution is -0.129. The zero-order chi connectivity index (χ0) is 22.5. The van der Waals surface area contributed by atoms with E-state index in [2.05, 4.69) is 10.2 Å². The third-order valence-corrected chi connectivity index (χ3v) is 7.47. The van der Waals surface area contributed by atoms with Crippen LogP contribution in [-0.4, -0.2) is 74.6 Å². The Morgan fingerprint density at radius 3 is 2.72 bits per heavy atom. The number of carbonyl (C=O) groups is 2. The lowest BCUT2D eigenvalue weighted by atomic mass is 9.83. The Balaban J connectivity index is 1.25. The predicted octanol–water partition coefficient (Wildman–Crippen LogP) is 2.48. The number of rotatable bonds is 8. The van der Waals surface area contributed by atoms with Gasteiger partial charge in [-0.15, -0.1) is 0 Å². The predicted molar refractivity (Wildman–Crippen MR) is 123 cm³/mol. The molecule has 0 radical (unpaired) electrons. The minimum absolute atomic E-state index is 0.0416. The summed E-state index contributed by atoms with van der Waals surface area (Å²) in [6.07, 6.45) is 7.33. The SMILES string of the molecule is COc1ccc(CCN2C[C@H](C(=O)NC[C@@H]3CCCN4CCCC[C@@H]34)CC2=O)cc1OC. The number of benzene rings is 1. The molecule has 7 nitrogen and oxygen atoms in total. The van der Waals surface area contributed by atoms with E-state index in [1.807, 2.05) is 23.1 Å². The molecule has 3 aliphatic heterocycles.